The fraction of sp³-hybridized carbons (Fsp3) is 0.333. The molecule has 25 heavy (non-hydrogen) atoms. The van der Waals surface area contributed by atoms with Crippen LogP contribution in [0.15, 0.2) is 33.5 Å². The lowest BCUT2D eigenvalue weighted by molar-refractivity contribution is 0.0895. The van der Waals surface area contributed by atoms with E-state index in [9.17, 15) is 9.59 Å². The quantitative estimate of drug-likeness (QED) is 0.922. The number of carbonyl (C=O) groups is 1. The van der Waals surface area contributed by atoms with Gasteiger partial charge in [0.1, 0.15) is 17.4 Å². The maximum absolute atomic E-state index is 12.5. The largest absolute Gasteiger partial charge is 0.454 e. The molecule has 3 heterocycles. The van der Waals surface area contributed by atoms with Gasteiger partial charge in [0.15, 0.2) is 11.5 Å². The SMILES string of the molecule is Cc1cc(C2CCCO2)oc(=O)c1C(=O)Nc1ccc2c(c1)OCO2. The molecule has 2 aliphatic heterocycles. The van der Waals surface area contributed by atoms with E-state index in [1.54, 1.807) is 31.2 Å². The van der Waals surface area contributed by atoms with Gasteiger partial charge in [-0.05, 0) is 43.5 Å². The summed E-state index contributed by atoms with van der Waals surface area (Å²) in [7, 11) is 0. The number of nitrogens with one attached hydrogen (secondary N) is 1. The van der Waals surface area contributed by atoms with Crippen molar-refractivity contribution in [2.75, 3.05) is 18.7 Å². The smallest absolute Gasteiger partial charge is 0.349 e. The highest BCUT2D eigenvalue weighted by Crippen LogP contribution is 2.34. The minimum Gasteiger partial charge on any atom is -0.454 e. The van der Waals surface area contributed by atoms with E-state index < -0.39 is 11.5 Å². The van der Waals surface area contributed by atoms with Crippen LogP contribution in [-0.2, 0) is 4.74 Å². The molecule has 2 aliphatic rings. The van der Waals surface area contributed by atoms with Crippen molar-refractivity contribution in [3.8, 4) is 11.5 Å². The molecule has 0 spiro atoms. The second-order valence-corrected chi connectivity index (χ2v) is 6.02. The molecule has 1 unspecified atom stereocenters. The summed E-state index contributed by atoms with van der Waals surface area (Å²) < 4.78 is 21.4. The highest BCUT2D eigenvalue weighted by molar-refractivity contribution is 6.05. The van der Waals surface area contributed by atoms with Gasteiger partial charge < -0.3 is 23.9 Å². The number of rotatable bonds is 3. The van der Waals surface area contributed by atoms with Crippen molar-refractivity contribution in [2.24, 2.45) is 0 Å². The van der Waals surface area contributed by atoms with E-state index in [0.717, 1.165) is 12.8 Å². The van der Waals surface area contributed by atoms with Gasteiger partial charge in [-0.25, -0.2) is 4.79 Å². The molecule has 1 saturated heterocycles. The molecule has 130 valence electrons. The van der Waals surface area contributed by atoms with Crippen LogP contribution in [0.3, 0.4) is 0 Å². The molecule has 2 aromatic rings. The lowest BCUT2D eigenvalue weighted by Crippen LogP contribution is -2.23. The van der Waals surface area contributed by atoms with Crippen molar-refractivity contribution in [1.82, 2.24) is 0 Å². The summed E-state index contributed by atoms with van der Waals surface area (Å²) in [4.78, 5) is 24.8. The van der Waals surface area contributed by atoms with Crippen LogP contribution in [0, 0.1) is 6.92 Å². The number of carbonyl (C=O) groups excluding carboxylic acids is 1. The van der Waals surface area contributed by atoms with E-state index in [-0.39, 0.29) is 18.5 Å². The molecule has 0 bridgehead atoms. The molecular weight excluding hydrogens is 326 g/mol. The minimum absolute atomic E-state index is 0.0144. The van der Waals surface area contributed by atoms with E-state index in [0.29, 0.717) is 35.1 Å². The maximum Gasteiger partial charge on any atom is 0.349 e. The number of amides is 1. The molecular formula is C18H17NO6. The van der Waals surface area contributed by atoms with Crippen molar-refractivity contribution in [3.05, 3.63) is 51.6 Å². The van der Waals surface area contributed by atoms with Gasteiger partial charge in [0.05, 0.1) is 0 Å². The Hall–Kier alpha value is -2.80. The van der Waals surface area contributed by atoms with Gasteiger partial charge >= 0.3 is 5.63 Å². The van der Waals surface area contributed by atoms with Gasteiger partial charge in [-0.1, -0.05) is 0 Å². The van der Waals surface area contributed by atoms with E-state index in [2.05, 4.69) is 5.32 Å². The molecule has 1 fully saturated rings. The number of benzene rings is 1. The van der Waals surface area contributed by atoms with E-state index in [1.165, 1.54) is 0 Å². The summed E-state index contributed by atoms with van der Waals surface area (Å²) in [5, 5.41) is 2.69. The molecule has 7 heteroatoms. The van der Waals surface area contributed by atoms with Gasteiger partial charge in [-0.3, -0.25) is 4.79 Å². The van der Waals surface area contributed by atoms with E-state index in [4.69, 9.17) is 18.6 Å². The first-order valence-corrected chi connectivity index (χ1v) is 8.09. The molecule has 1 amide bonds. The van der Waals surface area contributed by atoms with Crippen molar-refractivity contribution < 1.29 is 23.4 Å². The highest BCUT2D eigenvalue weighted by atomic mass is 16.7. The summed E-state index contributed by atoms with van der Waals surface area (Å²) >= 11 is 0. The predicted molar refractivity (Wildman–Crippen MR) is 88.2 cm³/mol. The lowest BCUT2D eigenvalue weighted by Gasteiger charge is -2.11. The normalized spacial score (nSPS) is 18.4. The maximum atomic E-state index is 12.5. The summed E-state index contributed by atoms with van der Waals surface area (Å²) in [5.74, 6) is 1.12. The fourth-order valence-corrected chi connectivity index (χ4v) is 3.03. The van der Waals surface area contributed by atoms with Gasteiger partial charge in [0.25, 0.3) is 5.91 Å². The fourth-order valence-electron chi connectivity index (χ4n) is 3.03. The third kappa shape index (κ3) is 2.98. The summed E-state index contributed by atoms with van der Waals surface area (Å²) in [6, 6.07) is 6.74. The zero-order valence-corrected chi connectivity index (χ0v) is 13.7. The summed E-state index contributed by atoms with van der Waals surface area (Å²) in [6.07, 6.45) is 1.53. The lowest BCUT2D eigenvalue weighted by atomic mass is 10.1. The van der Waals surface area contributed by atoms with Crippen LogP contribution in [0.25, 0.3) is 0 Å². The van der Waals surface area contributed by atoms with Crippen molar-refractivity contribution in [1.29, 1.82) is 0 Å². The first-order chi connectivity index (χ1) is 12.1. The monoisotopic (exact) mass is 343 g/mol. The number of aryl methyl sites for hydroxylation is 1. The molecule has 0 aliphatic carbocycles. The van der Waals surface area contributed by atoms with Crippen molar-refractivity contribution >= 4 is 11.6 Å². The van der Waals surface area contributed by atoms with Crippen LogP contribution >= 0.6 is 0 Å². The Morgan fingerprint density at radius 2 is 2.04 bits per heavy atom. The molecule has 0 radical (unpaired) electrons. The van der Waals surface area contributed by atoms with Crippen molar-refractivity contribution in [3.63, 3.8) is 0 Å². The Labute approximate surface area is 143 Å². The number of hydrogen-bond acceptors (Lipinski definition) is 6. The Morgan fingerprint density at radius 1 is 1.20 bits per heavy atom. The molecule has 1 aromatic carbocycles. The standard InChI is InChI=1S/C18H17NO6/c1-10-7-15(12-3-2-6-22-12)25-18(21)16(10)17(20)19-11-4-5-13-14(8-11)24-9-23-13/h4-5,7-8,12H,2-3,6,9H2,1H3,(H,19,20). The van der Waals surface area contributed by atoms with Crippen LogP contribution < -0.4 is 20.4 Å². The number of ether oxygens (including phenoxy) is 3. The Kier molecular flexibility index (Phi) is 3.93. The Balaban J connectivity index is 1.58. The van der Waals surface area contributed by atoms with Crippen LogP contribution in [0.2, 0.25) is 0 Å². The highest BCUT2D eigenvalue weighted by Gasteiger charge is 2.24. The average Bonchev–Trinajstić information content (AvgIpc) is 3.25. The molecule has 7 nitrogen and oxygen atoms in total. The number of anilines is 1. The van der Waals surface area contributed by atoms with Crippen LogP contribution in [-0.4, -0.2) is 19.3 Å². The predicted octanol–water partition coefficient (Wildman–Crippen LogP) is 2.78. The number of fused-ring (bicyclic) bond motifs is 1. The zero-order valence-electron chi connectivity index (χ0n) is 13.7. The van der Waals surface area contributed by atoms with Gasteiger partial charge in [0, 0.05) is 18.4 Å². The zero-order chi connectivity index (χ0) is 17.4. The number of hydrogen-bond donors (Lipinski definition) is 1. The molecule has 0 saturated carbocycles. The average molecular weight is 343 g/mol. The topological polar surface area (TPSA) is 87.0 Å². The first-order valence-electron chi connectivity index (χ1n) is 8.09. The van der Waals surface area contributed by atoms with Crippen LogP contribution in [0.4, 0.5) is 5.69 Å². The molecule has 1 N–H and O–H groups in total. The third-order valence-corrected chi connectivity index (χ3v) is 4.27. The first kappa shape index (κ1) is 15.7. The second-order valence-electron chi connectivity index (χ2n) is 6.02. The Bertz CT molecular complexity index is 882. The molecule has 1 aromatic heterocycles. The van der Waals surface area contributed by atoms with Crippen LogP contribution in [0.5, 0.6) is 11.5 Å². The summed E-state index contributed by atoms with van der Waals surface area (Å²) in [5.41, 5.74) is 0.388. The Morgan fingerprint density at radius 3 is 2.80 bits per heavy atom. The molecule has 4 rings (SSSR count). The molecule has 1 atom stereocenters. The van der Waals surface area contributed by atoms with E-state index in [1.807, 2.05) is 0 Å². The van der Waals surface area contributed by atoms with Crippen LogP contribution in [0.1, 0.15) is 40.6 Å². The van der Waals surface area contributed by atoms with Crippen molar-refractivity contribution in [2.45, 2.75) is 25.9 Å². The third-order valence-electron chi connectivity index (χ3n) is 4.27. The van der Waals surface area contributed by atoms with E-state index >= 15 is 0 Å². The van der Waals surface area contributed by atoms with Gasteiger partial charge in [-0.2, -0.15) is 0 Å². The minimum atomic E-state index is -0.663. The summed E-state index contributed by atoms with van der Waals surface area (Å²) in [6.45, 7) is 2.52. The van der Waals surface area contributed by atoms with Gasteiger partial charge in [0.2, 0.25) is 6.79 Å². The second kappa shape index (κ2) is 6.25. The van der Waals surface area contributed by atoms with Gasteiger partial charge in [-0.15, -0.1) is 0 Å².